The van der Waals surface area contributed by atoms with E-state index in [1.54, 1.807) is 24.3 Å². The molecular weight excluding hydrogens is 436 g/mol. The molecule has 0 saturated heterocycles. The van der Waals surface area contributed by atoms with E-state index in [0.29, 0.717) is 17.1 Å². The number of ether oxygens (including phenoxy) is 2. The monoisotopic (exact) mass is 464 g/mol. The topological polar surface area (TPSA) is 76.7 Å². The lowest BCUT2D eigenvalue weighted by Crippen LogP contribution is -2.36. The van der Waals surface area contributed by atoms with Crippen LogP contribution < -0.4 is 20.1 Å². The molecule has 33 heavy (non-hydrogen) atoms. The highest BCUT2D eigenvalue weighted by molar-refractivity contribution is 7.10. The van der Waals surface area contributed by atoms with Crippen LogP contribution in [0.3, 0.4) is 0 Å². The van der Waals surface area contributed by atoms with Gasteiger partial charge in [0.05, 0.1) is 20.3 Å². The highest BCUT2D eigenvalue weighted by Crippen LogP contribution is 2.27. The first-order valence-corrected chi connectivity index (χ1v) is 11.4. The summed E-state index contributed by atoms with van der Waals surface area (Å²) in [6.07, 6.45) is 1.68. The zero-order chi connectivity index (χ0) is 24.0. The summed E-state index contributed by atoms with van der Waals surface area (Å²) in [4.78, 5) is 27.0. The van der Waals surface area contributed by atoms with Gasteiger partial charge in [-0.3, -0.25) is 9.59 Å². The molecule has 0 bridgehead atoms. The van der Waals surface area contributed by atoms with E-state index in [-0.39, 0.29) is 17.6 Å². The van der Waals surface area contributed by atoms with E-state index in [4.69, 9.17) is 9.47 Å². The van der Waals surface area contributed by atoms with Crippen LogP contribution in [0.15, 0.2) is 59.6 Å². The Morgan fingerprint density at radius 2 is 1.76 bits per heavy atom. The minimum atomic E-state index is -0.423. The molecule has 3 rings (SSSR count). The lowest BCUT2D eigenvalue weighted by Gasteiger charge is -2.19. The number of methoxy groups -OCH3 is 2. The number of amides is 2. The summed E-state index contributed by atoms with van der Waals surface area (Å²) in [5.74, 6) is 0.157. The Balaban J connectivity index is 1.85. The summed E-state index contributed by atoms with van der Waals surface area (Å²) in [5.41, 5.74) is 3.75. The van der Waals surface area contributed by atoms with Crippen molar-refractivity contribution in [1.29, 1.82) is 0 Å². The van der Waals surface area contributed by atoms with Crippen LogP contribution in [0.5, 0.6) is 11.5 Å². The van der Waals surface area contributed by atoms with Crippen molar-refractivity contribution in [3.8, 4) is 11.5 Å². The Hall–Kier alpha value is -3.58. The number of hydrogen-bond donors (Lipinski definition) is 2. The maximum absolute atomic E-state index is 13.2. The summed E-state index contributed by atoms with van der Waals surface area (Å²) in [6.45, 7) is 5.96. The molecule has 0 spiro atoms. The van der Waals surface area contributed by atoms with Gasteiger partial charge in [-0.1, -0.05) is 29.8 Å². The van der Waals surface area contributed by atoms with E-state index in [9.17, 15) is 9.59 Å². The average Bonchev–Trinajstić information content (AvgIpc) is 3.32. The Labute approximate surface area is 198 Å². The van der Waals surface area contributed by atoms with E-state index >= 15 is 0 Å². The number of nitrogens with one attached hydrogen (secondary N) is 2. The Morgan fingerprint density at radius 3 is 2.42 bits per heavy atom. The number of carbonyl (C=O) groups is 2. The van der Waals surface area contributed by atoms with Gasteiger partial charge in [-0.25, -0.2) is 0 Å². The number of benzene rings is 2. The number of thiophene rings is 1. The standard InChI is InChI=1S/C26H28N2O4S/c1-16-8-9-17(2)21(13-16)18(3)27-26(30)22(15-20-7-6-12-33-20)28-25(29)19-10-11-23(31-4)24(14-19)32-5/h6-15,18H,1-5H3,(H,27,30)(H,28,29)/b22-15-/t18-/m0/s1. The molecule has 3 aromatic rings. The summed E-state index contributed by atoms with van der Waals surface area (Å²) in [5, 5.41) is 7.69. The fourth-order valence-corrected chi connectivity index (χ4v) is 4.08. The van der Waals surface area contributed by atoms with Crippen LogP contribution >= 0.6 is 11.3 Å². The SMILES string of the molecule is COc1ccc(C(=O)N/C(=C\c2cccs2)C(=O)N[C@@H](C)c2cc(C)ccc2C)cc1OC. The van der Waals surface area contributed by atoms with E-state index in [2.05, 4.69) is 16.7 Å². The lowest BCUT2D eigenvalue weighted by atomic mass is 10.00. The molecule has 2 amide bonds. The Bertz CT molecular complexity index is 1170. The van der Waals surface area contributed by atoms with Crippen LogP contribution in [0, 0.1) is 13.8 Å². The normalized spacial score (nSPS) is 12.1. The molecule has 0 fully saturated rings. The van der Waals surface area contributed by atoms with Crippen LogP contribution in [0.1, 0.15) is 44.9 Å². The van der Waals surface area contributed by atoms with Gasteiger partial charge in [-0.05, 0) is 67.6 Å². The van der Waals surface area contributed by atoms with E-state index in [1.165, 1.54) is 25.6 Å². The maximum Gasteiger partial charge on any atom is 0.268 e. The maximum atomic E-state index is 13.2. The van der Waals surface area contributed by atoms with Crippen molar-refractivity contribution in [1.82, 2.24) is 10.6 Å². The summed E-state index contributed by atoms with van der Waals surface area (Å²) in [6, 6.07) is 14.5. The Kier molecular flexibility index (Phi) is 7.90. The molecule has 1 aromatic heterocycles. The molecule has 7 heteroatoms. The van der Waals surface area contributed by atoms with Gasteiger partial charge in [-0.2, -0.15) is 0 Å². The third kappa shape index (κ3) is 6.02. The van der Waals surface area contributed by atoms with Crippen molar-refractivity contribution < 1.29 is 19.1 Å². The molecule has 0 aliphatic rings. The second-order valence-electron chi connectivity index (χ2n) is 7.65. The fraction of sp³-hybridized carbons (Fsp3) is 0.231. The Morgan fingerprint density at radius 1 is 1.00 bits per heavy atom. The first kappa shape index (κ1) is 24.1. The van der Waals surface area contributed by atoms with Crippen molar-refractivity contribution in [3.05, 3.63) is 86.7 Å². The summed E-state index contributed by atoms with van der Waals surface area (Å²) < 4.78 is 10.5. The zero-order valence-electron chi connectivity index (χ0n) is 19.4. The fourth-order valence-electron chi connectivity index (χ4n) is 3.42. The molecular formula is C26H28N2O4S. The van der Waals surface area contributed by atoms with Crippen molar-refractivity contribution in [2.45, 2.75) is 26.8 Å². The molecule has 1 heterocycles. The van der Waals surface area contributed by atoms with Crippen molar-refractivity contribution in [2.75, 3.05) is 14.2 Å². The number of hydrogen-bond acceptors (Lipinski definition) is 5. The first-order chi connectivity index (χ1) is 15.8. The second-order valence-corrected chi connectivity index (χ2v) is 8.63. The van der Waals surface area contributed by atoms with Gasteiger partial charge in [0, 0.05) is 10.4 Å². The number of aryl methyl sites for hydroxylation is 2. The minimum Gasteiger partial charge on any atom is -0.493 e. The highest BCUT2D eigenvalue weighted by Gasteiger charge is 2.19. The first-order valence-electron chi connectivity index (χ1n) is 10.5. The van der Waals surface area contributed by atoms with Gasteiger partial charge in [0.25, 0.3) is 11.8 Å². The molecule has 0 aliphatic heterocycles. The molecule has 6 nitrogen and oxygen atoms in total. The molecule has 2 N–H and O–H groups in total. The second kappa shape index (κ2) is 10.8. The van der Waals surface area contributed by atoms with Crippen LogP contribution in [-0.2, 0) is 4.79 Å². The average molecular weight is 465 g/mol. The smallest absolute Gasteiger partial charge is 0.268 e. The molecule has 2 aromatic carbocycles. The van der Waals surface area contributed by atoms with Gasteiger partial charge >= 0.3 is 0 Å². The minimum absolute atomic E-state index is 0.161. The summed E-state index contributed by atoms with van der Waals surface area (Å²) in [7, 11) is 3.03. The predicted molar refractivity (Wildman–Crippen MR) is 132 cm³/mol. The predicted octanol–water partition coefficient (Wildman–Crippen LogP) is 5.03. The van der Waals surface area contributed by atoms with Gasteiger partial charge in [0.15, 0.2) is 11.5 Å². The quantitative estimate of drug-likeness (QED) is 0.459. The van der Waals surface area contributed by atoms with Gasteiger partial charge in [0.2, 0.25) is 0 Å². The van der Waals surface area contributed by atoms with Crippen LogP contribution in [-0.4, -0.2) is 26.0 Å². The third-order valence-electron chi connectivity index (χ3n) is 5.22. The molecule has 172 valence electrons. The lowest BCUT2D eigenvalue weighted by molar-refractivity contribution is -0.118. The summed E-state index contributed by atoms with van der Waals surface area (Å²) >= 11 is 1.48. The van der Waals surface area contributed by atoms with Crippen molar-refractivity contribution >= 4 is 29.2 Å². The molecule has 0 unspecified atom stereocenters. The van der Waals surface area contributed by atoms with Gasteiger partial charge in [0.1, 0.15) is 5.70 Å². The van der Waals surface area contributed by atoms with Crippen LogP contribution in [0.4, 0.5) is 0 Å². The molecule has 0 saturated carbocycles. The number of rotatable bonds is 8. The number of carbonyl (C=O) groups excluding carboxylic acids is 2. The van der Waals surface area contributed by atoms with Crippen LogP contribution in [0.2, 0.25) is 0 Å². The molecule has 1 atom stereocenters. The zero-order valence-corrected chi connectivity index (χ0v) is 20.2. The van der Waals surface area contributed by atoms with E-state index in [0.717, 1.165) is 21.6 Å². The third-order valence-corrected chi connectivity index (χ3v) is 6.04. The molecule has 0 radical (unpaired) electrons. The van der Waals surface area contributed by atoms with Crippen molar-refractivity contribution in [2.24, 2.45) is 0 Å². The highest BCUT2D eigenvalue weighted by atomic mass is 32.1. The van der Waals surface area contributed by atoms with E-state index < -0.39 is 5.91 Å². The van der Waals surface area contributed by atoms with Crippen molar-refractivity contribution in [3.63, 3.8) is 0 Å². The van der Waals surface area contributed by atoms with Gasteiger partial charge in [-0.15, -0.1) is 11.3 Å². The largest absolute Gasteiger partial charge is 0.493 e. The van der Waals surface area contributed by atoms with E-state index in [1.807, 2.05) is 50.4 Å². The van der Waals surface area contributed by atoms with Crippen LogP contribution in [0.25, 0.3) is 6.08 Å². The van der Waals surface area contributed by atoms with Gasteiger partial charge < -0.3 is 20.1 Å². The molecule has 0 aliphatic carbocycles.